The number of hydrogen-bond acceptors (Lipinski definition) is 5. The van der Waals surface area contributed by atoms with Gasteiger partial charge in [-0.2, -0.15) is 0 Å². The Labute approximate surface area is 193 Å². The van der Waals surface area contributed by atoms with Gasteiger partial charge in [0.1, 0.15) is 5.82 Å². The molecule has 2 heterocycles. The van der Waals surface area contributed by atoms with Crippen molar-refractivity contribution in [2.24, 2.45) is 0 Å². The topological polar surface area (TPSA) is 75.9 Å². The molecule has 0 radical (unpaired) electrons. The van der Waals surface area contributed by atoms with Crippen LogP contribution >= 0.6 is 0 Å². The maximum absolute atomic E-state index is 14.2. The maximum Gasteiger partial charge on any atom is 0.269 e. The summed E-state index contributed by atoms with van der Waals surface area (Å²) in [6.07, 6.45) is 4.58. The van der Waals surface area contributed by atoms with Crippen molar-refractivity contribution in [3.05, 3.63) is 69.0 Å². The van der Waals surface area contributed by atoms with Crippen molar-refractivity contribution in [3.63, 3.8) is 0 Å². The predicted molar refractivity (Wildman–Crippen MR) is 124 cm³/mol. The van der Waals surface area contributed by atoms with Crippen LogP contribution in [0.5, 0.6) is 0 Å². The first-order valence-electron chi connectivity index (χ1n) is 11.6. The van der Waals surface area contributed by atoms with Gasteiger partial charge in [0.05, 0.1) is 11.0 Å². The van der Waals surface area contributed by atoms with Crippen molar-refractivity contribution in [1.82, 2.24) is 4.90 Å². The van der Waals surface area contributed by atoms with Crippen molar-refractivity contribution < 1.29 is 18.8 Å². The van der Waals surface area contributed by atoms with Crippen LogP contribution in [0.2, 0.25) is 0 Å². The quantitative estimate of drug-likeness (QED) is 0.333. The Morgan fingerprint density at radius 3 is 2.67 bits per heavy atom. The number of aryl methyl sites for hydroxylation is 1. The van der Waals surface area contributed by atoms with Crippen molar-refractivity contribution in [3.8, 4) is 0 Å². The Hall–Kier alpha value is -2.84. The van der Waals surface area contributed by atoms with Gasteiger partial charge in [-0.3, -0.25) is 14.9 Å². The molecule has 176 valence electrons. The number of nitrogens with zero attached hydrogens (tertiary/aromatic N) is 3. The molecule has 0 aromatic heterocycles. The normalized spacial score (nSPS) is 18.7. The third-order valence-electron chi connectivity index (χ3n) is 6.51. The van der Waals surface area contributed by atoms with Gasteiger partial charge in [0.2, 0.25) is 0 Å². The lowest BCUT2D eigenvalue weighted by Gasteiger charge is -2.25. The van der Waals surface area contributed by atoms with Crippen molar-refractivity contribution >= 4 is 17.3 Å². The Morgan fingerprint density at radius 2 is 1.94 bits per heavy atom. The molecule has 0 aliphatic carbocycles. The molecule has 7 nitrogen and oxygen atoms in total. The molecule has 0 bridgehead atoms. The zero-order valence-electron chi connectivity index (χ0n) is 19.0. The zero-order chi connectivity index (χ0) is 23.4. The molecule has 1 fully saturated rings. The number of hydrogen-bond donors (Lipinski definition) is 0. The Bertz CT molecular complexity index is 1020. The monoisotopic (exact) mass is 455 g/mol. The number of non-ortho nitro benzene ring substituents is 1. The van der Waals surface area contributed by atoms with Gasteiger partial charge in [-0.25, -0.2) is 4.39 Å². The number of rotatable bonds is 7. The fourth-order valence-corrected chi connectivity index (χ4v) is 4.79. The number of halogens is 1. The lowest BCUT2D eigenvalue weighted by atomic mass is 10.0. The highest BCUT2D eigenvalue weighted by Gasteiger charge is 2.29. The van der Waals surface area contributed by atoms with Gasteiger partial charge in [-0.05, 0) is 81.9 Å². The van der Waals surface area contributed by atoms with E-state index >= 15 is 0 Å². The number of amides is 1. The average molecular weight is 456 g/mol. The third-order valence-corrected chi connectivity index (χ3v) is 6.51. The van der Waals surface area contributed by atoms with Crippen molar-refractivity contribution in [2.75, 3.05) is 37.7 Å². The Kier molecular flexibility index (Phi) is 7.35. The molecule has 0 spiro atoms. The molecule has 2 aliphatic rings. The number of nitro benzene ring substituents is 1. The zero-order valence-corrected chi connectivity index (χ0v) is 19.0. The summed E-state index contributed by atoms with van der Waals surface area (Å²) in [4.78, 5) is 28.1. The van der Waals surface area contributed by atoms with Gasteiger partial charge in [0.15, 0.2) is 0 Å². The first-order valence-corrected chi connectivity index (χ1v) is 11.6. The van der Waals surface area contributed by atoms with E-state index in [4.69, 9.17) is 4.74 Å². The highest BCUT2D eigenvalue weighted by molar-refractivity contribution is 6.07. The summed E-state index contributed by atoms with van der Waals surface area (Å²) in [5.74, 6) is -0.606. The summed E-state index contributed by atoms with van der Waals surface area (Å²) in [6, 6.07) is 8.70. The molecular formula is C25H30FN3O4. The molecule has 2 aromatic carbocycles. The van der Waals surface area contributed by atoms with Gasteiger partial charge in [0.25, 0.3) is 11.6 Å². The molecule has 0 saturated carbocycles. The highest BCUT2D eigenvalue weighted by Crippen LogP contribution is 2.37. The second-order valence-electron chi connectivity index (χ2n) is 8.82. The van der Waals surface area contributed by atoms with E-state index in [1.807, 2.05) is 0 Å². The van der Waals surface area contributed by atoms with E-state index in [-0.39, 0.29) is 23.5 Å². The van der Waals surface area contributed by atoms with Crippen LogP contribution < -0.4 is 4.90 Å². The second-order valence-corrected chi connectivity index (χ2v) is 8.82. The van der Waals surface area contributed by atoms with Crippen molar-refractivity contribution in [2.45, 2.75) is 45.1 Å². The van der Waals surface area contributed by atoms with E-state index in [9.17, 15) is 19.3 Å². The Morgan fingerprint density at radius 1 is 1.15 bits per heavy atom. The molecule has 0 N–H and O–H groups in total. The summed E-state index contributed by atoms with van der Waals surface area (Å²) in [5, 5.41) is 11.1. The number of likely N-dealkylation sites (tertiary alicyclic amines) is 1. The van der Waals surface area contributed by atoms with Crippen LogP contribution in [0.3, 0.4) is 0 Å². The molecule has 2 aliphatic heterocycles. The summed E-state index contributed by atoms with van der Waals surface area (Å²) in [6.45, 7) is 6.06. The molecule has 1 amide bonds. The van der Waals surface area contributed by atoms with E-state index in [1.54, 1.807) is 17.9 Å². The molecule has 1 unspecified atom stereocenters. The summed E-state index contributed by atoms with van der Waals surface area (Å²) in [7, 11) is 0. The van der Waals surface area contributed by atoms with Crippen LogP contribution in [-0.4, -0.2) is 48.5 Å². The minimum Gasteiger partial charge on any atom is -0.373 e. The minimum absolute atomic E-state index is 0.0511. The fourth-order valence-electron chi connectivity index (χ4n) is 4.79. The number of benzene rings is 2. The van der Waals surface area contributed by atoms with Crippen LogP contribution in [0.1, 0.15) is 59.7 Å². The van der Waals surface area contributed by atoms with Crippen molar-refractivity contribution in [1.29, 1.82) is 0 Å². The minimum atomic E-state index is -0.475. The van der Waals surface area contributed by atoms with E-state index < -0.39 is 4.92 Å². The standard InChI is InChI=1S/C25H30FN3O4/c1-18-16-20(29(31)32)8-9-21(18)25(30)28-14-4-6-24(22-17-19(26)7-10-23(22)28)33-15-5-13-27-11-2-3-12-27/h7-10,16-17,24H,2-6,11-15H2,1H3. The third kappa shape index (κ3) is 5.39. The number of fused-ring (bicyclic) bond motifs is 1. The smallest absolute Gasteiger partial charge is 0.269 e. The Balaban J connectivity index is 1.52. The largest absolute Gasteiger partial charge is 0.373 e. The fraction of sp³-hybridized carbons (Fsp3) is 0.480. The number of carbonyl (C=O) groups is 1. The molecule has 1 saturated heterocycles. The highest BCUT2D eigenvalue weighted by atomic mass is 19.1. The lowest BCUT2D eigenvalue weighted by molar-refractivity contribution is -0.384. The predicted octanol–water partition coefficient (Wildman–Crippen LogP) is 5.03. The average Bonchev–Trinajstić information content (AvgIpc) is 3.25. The number of nitro groups is 1. The number of carbonyl (C=O) groups excluding carboxylic acids is 1. The molecule has 8 heteroatoms. The first kappa shape index (κ1) is 23.3. The first-order chi connectivity index (χ1) is 15.9. The molecule has 33 heavy (non-hydrogen) atoms. The maximum atomic E-state index is 14.2. The van der Waals surface area contributed by atoms with Crippen LogP contribution in [-0.2, 0) is 4.74 Å². The van der Waals surface area contributed by atoms with E-state index in [2.05, 4.69) is 4.90 Å². The van der Waals surface area contributed by atoms with Crippen LogP contribution in [0.15, 0.2) is 36.4 Å². The lowest BCUT2D eigenvalue weighted by Crippen LogP contribution is -2.32. The number of anilines is 1. The van der Waals surface area contributed by atoms with Gasteiger partial charge < -0.3 is 14.5 Å². The van der Waals surface area contributed by atoms with Gasteiger partial charge in [-0.1, -0.05) is 0 Å². The molecule has 2 aromatic rings. The molecule has 4 rings (SSSR count). The SMILES string of the molecule is Cc1cc([N+](=O)[O-])ccc1C(=O)N1CCCC(OCCCN2CCCC2)c2cc(F)ccc21. The van der Waals surface area contributed by atoms with E-state index in [0.29, 0.717) is 48.4 Å². The summed E-state index contributed by atoms with van der Waals surface area (Å²) in [5.41, 5.74) is 2.21. The van der Waals surface area contributed by atoms with Crippen LogP contribution in [0.4, 0.5) is 15.8 Å². The molecular weight excluding hydrogens is 425 g/mol. The van der Waals surface area contributed by atoms with Crippen LogP contribution in [0, 0.1) is 22.9 Å². The van der Waals surface area contributed by atoms with Gasteiger partial charge in [0, 0.05) is 48.6 Å². The summed E-state index contributed by atoms with van der Waals surface area (Å²) < 4.78 is 20.4. The van der Waals surface area contributed by atoms with Gasteiger partial charge >= 0.3 is 0 Å². The molecule has 1 atom stereocenters. The van der Waals surface area contributed by atoms with Gasteiger partial charge in [-0.15, -0.1) is 0 Å². The van der Waals surface area contributed by atoms with E-state index in [0.717, 1.165) is 26.1 Å². The summed E-state index contributed by atoms with van der Waals surface area (Å²) >= 11 is 0. The van der Waals surface area contributed by atoms with Crippen LogP contribution in [0.25, 0.3) is 0 Å². The second kappa shape index (κ2) is 10.4. The number of ether oxygens (including phenoxy) is 1. The van der Waals surface area contributed by atoms with E-state index in [1.165, 1.54) is 43.2 Å².